The fourth-order valence-corrected chi connectivity index (χ4v) is 6.39. The number of rotatable bonds is 6. The highest BCUT2D eigenvalue weighted by Crippen LogP contribution is 2.31. The lowest BCUT2D eigenvalue weighted by Gasteiger charge is -2.23. The second kappa shape index (κ2) is 8.36. The van der Waals surface area contributed by atoms with Crippen LogP contribution in [-0.4, -0.2) is 51.9 Å². The van der Waals surface area contributed by atoms with Crippen LogP contribution >= 0.6 is 23.5 Å². The van der Waals surface area contributed by atoms with E-state index in [2.05, 4.69) is 29.6 Å². The van der Waals surface area contributed by atoms with Crippen molar-refractivity contribution < 1.29 is 9.59 Å². The zero-order valence-corrected chi connectivity index (χ0v) is 16.6. The first-order valence-electron chi connectivity index (χ1n) is 9.53. The maximum absolute atomic E-state index is 12.7. The van der Waals surface area contributed by atoms with E-state index in [1.54, 1.807) is 23.5 Å². The summed E-state index contributed by atoms with van der Waals surface area (Å²) in [4.78, 5) is 27.3. The molecule has 0 spiro atoms. The molecular formula is C20H26N2O2S2. The van der Waals surface area contributed by atoms with Crippen LogP contribution in [0.2, 0.25) is 0 Å². The first kappa shape index (κ1) is 18.4. The van der Waals surface area contributed by atoms with Crippen LogP contribution in [0.15, 0.2) is 24.3 Å². The molecule has 1 unspecified atom stereocenters. The second-order valence-electron chi connectivity index (χ2n) is 7.45. The predicted octanol–water partition coefficient (Wildman–Crippen LogP) is 2.70. The molecule has 1 aliphatic carbocycles. The van der Waals surface area contributed by atoms with Crippen LogP contribution < -0.4 is 5.32 Å². The van der Waals surface area contributed by atoms with E-state index < -0.39 is 0 Å². The first-order valence-corrected chi connectivity index (χ1v) is 11.7. The summed E-state index contributed by atoms with van der Waals surface area (Å²) in [5.41, 5.74) is 2.96. The molecule has 0 aromatic heterocycles. The number of ketones is 1. The maximum atomic E-state index is 12.7. The maximum Gasteiger partial charge on any atom is 0.242 e. The lowest BCUT2D eigenvalue weighted by molar-refractivity contribution is -0.133. The van der Waals surface area contributed by atoms with Gasteiger partial charge in [-0.3, -0.25) is 14.9 Å². The van der Waals surface area contributed by atoms with E-state index in [0.29, 0.717) is 18.2 Å². The molecule has 1 aromatic rings. The summed E-state index contributed by atoms with van der Waals surface area (Å²) in [5.74, 6) is 3.52. The molecule has 2 heterocycles. The largest absolute Gasteiger partial charge is 0.331 e. The summed E-state index contributed by atoms with van der Waals surface area (Å²) in [6.45, 7) is 0.815. The average molecular weight is 391 g/mol. The fraction of sp³-hybridized carbons (Fsp3) is 0.600. The van der Waals surface area contributed by atoms with Gasteiger partial charge in [0.25, 0.3) is 0 Å². The number of fused-ring (bicyclic) bond motifs is 1. The van der Waals surface area contributed by atoms with E-state index in [9.17, 15) is 9.59 Å². The van der Waals surface area contributed by atoms with Crippen LogP contribution in [0.3, 0.4) is 0 Å². The van der Waals surface area contributed by atoms with Gasteiger partial charge in [-0.15, -0.1) is 23.5 Å². The Balaban J connectivity index is 1.25. The average Bonchev–Trinajstić information content (AvgIpc) is 3.40. The van der Waals surface area contributed by atoms with E-state index >= 15 is 0 Å². The van der Waals surface area contributed by atoms with Crippen molar-refractivity contribution in [3.8, 4) is 0 Å². The first-order chi connectivity index (χ1) is 12.7. The topological polar surface area (TPSA) is 49.4 Å². The molecule has 3 aliphatic rings. The molecule has 0 bridgehead atoms. The molecule has 1 N–H and O–H groups in total. The lowest BCUT2D eigenvalue weighted by atomic mass is 9.96. The summed E-state index contributed by atoms with van der Waals surface area (Å²) in [6, 6.07) is 8.38. The Morgan fingerprint density at radius 1 is 1.19 bits per heavy atom. The quantitative estimate of drug-likeness (QED) is 0.809. The molecule has 4 rings (SSSR count). The van der Waals surface area contributed by atoms with Crippen molar-refractivity contribution in [2.45, 2.75) is 43.4 Å². The Kier molecular flexibility index (Phi) is 5.91. The minimum Gasteiger partial charge on any atom is -0.331 e. The number of nitrogens with zero attached hydrogens (tertiary/aromatic N) is 1. The van der Waals surface area contributed by atoms with Gasteiger partial charge in [-0.1, -0.05) is 24.3 Å². The van der Waals surface area contributed by atoms with Gasteiger partial charge in [0.15, 0.2) is 0 Å². The molecule has 0 saturated carbocycles. The number of thioether (sulfide) groups is 2. The van der Waals surface area contributed by atoms with Crippen LogP contribution in [0.25, 0.3) is 0 Å². The summed E-state index contributed by atoms with van der Waals surface area (Å²) >= 11 is 3.39. The minimum atomic E-state index is -0.318. The van der Waals surface area contributed by atoms with Crippen LogP contribution in [0, 0.1) is 5.92 Å². The monoisotopic (exact) mass is 390 g/mol. The third kappa shape index (κ3) is 3.97. The van der Waals surface area contributed by atoms with Gasteiger partial charge in [-0.25, -0.2) is 0 Å². The molecule has 0 radical (unpaired) electrons. The highest BCUT2D eigenvalue weighted by molar-refractivity contribution is 8.01. The number of carbonyl (C=O) groups is 2. The number of hydrogen-bond donors (Lipinski definition) is 1. The van der Waals surface area contributed by atoms with Gasteiger partial charge >= 0.3 is 0 Å². The smallest absolute Gasteiger partial charge is 0.242 e. The van der Waals surface area contributed by atoms with Crippen molar-refractivity contribution in [2.24, 2.45) is 5.92 Å². The SMILES string of the molecule is O=C(CCCC1Cc2ccccc2C1)C1SCN[C@@H]1C(=O)N1CCSC1. The van der Waals surface area contributed by atoms with Gasteiger partial charge < -0.3 is 4.90 Å². The van der Waals surface area contributed by atoms with Crippen molar-refractivity contribution in [3.63, 3.8) is 0 Å². The van der Waals surface area contributed by atoms with Gasteiger partial charge in [-0.05, 0) is 42.7 Å². The zero-order valence-electron chi connectivity index (χ0n) is 15.0. The Bertz CT molecular complexity index is 651. The van der Waals surface area contributed by atoms with Crippen LogP contribution in [0.4, 0.5) is 0 Å². The summed E-state index contributed by atoms with van der Waals surface area (Å²) in [6.07, 6.45) is 4.95. The number of benzene rings is 1. The molecular weight excluding hydrogens is 364 g/mol. The molecule has 2 atom stereocenters. The van der Waals surface area contributed by atoms with Crippen LogP contribution in [0.1, 0.15) is 30.4 Å². The molecule has 2 fully saturated rings. The van der Waals surface area contributed by atoms with Gasteiger partial charge in [0.1, 0.15) is 11.8 Å². The molecule has 2 saturated heterocycles. The number of Topliss-reactive ketones (excluding diaryl/α,β-unsaturated/α-hetero) is 1. The molecule has 4 nitrogen and oxygen atoms in total. The van der Waals surface area contributed by atoms with Gasteiger partial charge in [0.2, 0.25) is 5.91 Å². The number of amides is 1. The van der Waals surface area contributed by atoms with E-state index in [1.807, 2.05) is 4.90 Å². The van der Waals surface area contributed by atoms with Crippen molar-refractivity contribution >= 4 is 35.2 Å². The second-order valence-corrected chi connectivity index (χ2v) is 9.66. The Morgan fingerprint density at radius 3 is 2.65 bits per heavy atom. The Labute approximate surface area is 163 Å². The van der Waals surface area contributed by atoms with E-state index in [1.165, 1.54) is 11.1 Å². The molecule has 6 heteroatoms. The molecule has 1 amide bonds. The third-order valence-electron chi connectivity index (χ3n) is 5.69. The van der Waals surface area contributed by atoms with Gasteiger partial charge in [0, 0.05) is 24.6 Å². The van der Waals surface area contributed by atoms with Gasteiger partial charge in [0.05, 0.1) is 11.1 Å². The Hall–Kier alpha value is -0.980. The van der Waals surface area contributed by atoms with E-state index in [-0.39, 0.29) is 23.0 Å². The zero-order chi connectivity index (χ0) is 17.9. The highest BCUT2D eigenvalue weighted by atomic mass is 32.2. The standard InChI is InChI=1S/C20H26N2O2S2/c23-17(7-3-4-14-10-15-5-1-2-6-16(15)11-14)19-18(21-12-26-19)20(24)22-8-9-25-13-22/h1-2,5-6,14,18-19,21H,3-4,7-13H2/t18-,19?/m0/s1. The summed E-state index contributed by atoms with van der Waals surface area (Å²) < 4.78 is 0. The molecule has 140 valence electrons. The molecule has 1 aromatic carbocycles. The number of nitrogens with one attached hydrogen (secondary N) is 1. The summed E-state index contributed by atoms with van der Waals surface area (Å²) in [5, 5.41) is 3.05. The van der Waals surface area contributed by atoms with Crippen LogP contribution in [-0.2, 0) is 22.4 Å². The molecule has 26 heavy (non-hydrogen) atoms. The highest BCUT2D eigenvalue weighted by Gasteiger charge is 2.40. The van der Waals surface area contributed by atoms with Crippen molar-refractivity contribution in [3.05, 3.63) is 35.4 Å². The minimum absolute atomic E-state index is 0.115. The number of hydrogen-bond acceptors (Lipinski definition) is 5. The predicted molar refractivity (Wildman–Crippen MR) is 108 cm³/mol. The summed E-state index contributed by atoms with van der Waals surface area (Å²) in [7, 11) is 0. The lowest BCUT2D eigenvalue weighted by Crippen LogP contribution is -2.49. The van der Waals surface area contributed by atoms with Crippen molar-refractivity contribution in [2.75, 3.05) is 24.1 Å². The fourth-order valence-electron chi connectivity index (χ4n) is 4.27. The number of carbonyl (C=O) groups excluding carboxylic acids is 2. The normalized spacial score (nSPS) is 25.6. The van der Waals surface area contributed by atoms with Crippen LogP contribution in [0.5, 0.6) is 0 Å². The Morgan fingerprint density at radius 2 is 1.96 bits per heavy atom. The van der Waals surface area contributed by atoms with Crippen molar-refractivity contribution in [1.82, 2.24) is 10.2 Å². The van der Waals surface area contributed by atoms with Gasteiger partial charge in [-0.2, -0.15) is 0 Å². The molecule has 2 aliphatic heterocycles. The van der Waals surface area contributed by atoms with E-state index in [0.717, 1.165) is 43.9 Å². The van der Waals surface area contributed by atoms with E-state index in [4.69, 9.17) is 0 Å². The van der Waals surface area contributed by atoms with Crippen molar-refractivity contribution in [1.29, 1.82) is 0 Å². The third-order valence-corrected chi connectivity index (χ3v) is 7.88.